The normalized spacial score (nSPS) is 13.1. The highest BCUT2D eigenvalue weighted by Crippen LogP contribution is 2.36. The van der Waals surface area contributed by atoms with Crippen LogP contribution in [0, 0.1) is 0 Å². The van der Waals surface area contributed by atoms with Crippen LogP contribution in [0.2, 0.25) is 0 Å². The largest absolute Gasteiger partial charge is 0.458 e. The minimum Gasteiger partial charge on any atom is -0.458 e. The average molecular weight is 202 g/mol. The first-order valence-electron chi connectivity index (χ1n) is 4.40. The smallest absolute Gasteiger partial charge is 0.336 e. The highest BCUT2D eigenvalue weighted by atomic mass is 16.5. The van der Waals surface area contributed by atoms with Crippen molar-refractivity contribution in [3.8, 4) is 11.5 Å². The van der Waals surface area contributed by atoms with Gasteiger partial charge < -0.3 is 13.9 Å². The Kier molecular flexibility index (Phi) is 1.56. The maximum atomic E-state index is 11.1. The second-order valence-electron chi connectivity index (χ2n) is 3.07. The Balaban J connectivity index is 2.41. The zero-order valence-electron chi connectivity index (χ0n) is 7.60. The minimum absolute atomic E-state index is 0.407. The van der Waals surface area contributed by atoms with Crippen molar-refractivity contribution in [2.45, 2.75) is 0 Å². The summed E-state index contributed by atoms with van der Waals surface area (Å²) in [6.07, 6.45) is 2.82. The van der Waals surface area contributed by atoms with Gasteiger partial charge in [-0.25, -0.2) is 4.79 Å². The van der Waals surface area contributed by atoms with Crippen LogP contribution in [-0.4, -0.2) is 0 Å². The summed E-state index contributed by atoms with van der Waals surface area (Å²) in [5, 5.41) is 0.798. The minimum atomic E-state index is -0.408. The van der Waals surface area contributed by atoms with E-state index in [9.17, 15) is 4.79 Å². The Bertz CT molecular complexity index is 610. The highest BCUT2D eigenvalue weighted by Gasteiger charge is 2.14. The Labute approximate surface area is 84.3 Å². The molecule has 0 saturated heterocycles. The molecule has 1 aromatic heterocycles. The highest BCUT2D eigenvalue weighted by molar-refractivity contribution is 5.85. The second kappa shape index (κ2) is 2.88. The third kappa shape index (κ3) is 1.19. The van der Waals surface area contributed by atoms with Crippen LogP contribution >= 0.6 is 0 Å². The lowest BCUT2D eigenvalue weighted by atomic mass is 10.2. The fourth-order valence-electron chi connectivity index (χ4n) is 1.49. The van der Waals surface area contributed by atoms with E-state index in [0.29, 0.717) is 17.1 Å². The van der Waals surface area contributed by atoms with E-state index in [1.54, 1.807) is 18.2 Å². The Hall–Kier alpha value is -2.23. The van der Waals surface area contributed by atoms with Crippen molar-refractivity contribution in [2.75, 3.05) is 0 Å². The predicted octanol–water partition coefficient (Wildman–Crippen LogP) is 2.04. The molecule has 0 N–H and O–H groups in total. The van der Waals surface area contributed by atoms with Crippen LogP contribution in [0.25, 0.3) is 11.0 Å². The standard InChI is InChI=1S/C11H6O4/c12-9-4-2-7-1-3-8-11(10(7)15-9)14-6-5-13-8/h1-6H. The molecule has 4 nitrogen and oxygen atoms in total. The molecule has 0 amide bonds. The molecule has 0 spiro atoms. The molecule has 1 aliphatic rings. The van der Waals surface area contributed by atoms with E-state index in [0.717, 1.165) is 5.39 Å². The van der Waals surface area contributed by atoms with Crippen LogP contribution in [0.3, 0.4) is 0 Å². The molecule has 0 unspecified atom stereocenters. The summed E-state index contributed by atoms with van der Waals surface area (Å²) in [6.45, 7) is 0. The van der Waals surface area contributed by atoms with Crippen molar-refractivity contribution in [2.24, 2.45) is 0 Å². The Morgan fingerprint density at radius 2 is 1.73 bits per heavy atom. The average Bonchev–Trinajstić information content (AvgIpc) is 2.29. The van der Waals surface area contributed by atoms with Gasteiger partial charge >= 0.3 is 5.63 Å². The van der Waals surface area contributed by atoms with E-state index in [1.165, 1.54) is 18.6 Å². The van der Waals surface area contributed by atoms with Gasteiger partial charge in [0.1, 0.15) is 12.5 Å². The molecule has 0 atom stereocenters. The summed E-state index contributed by atoms with van der Waals surface area (Å²) in [5.74, 6) is 0.979. The molecule has 4 heteroatoms. The maximum absolute atomic E-state index is 11.1. The van der Waals surface area contributed by atoms with Crippen LogP contribution in [0.1, 0.15) is 0 Å². The summed E-state index contributed by atoms with van der Waals surface area (Å²) < 4.78 is 15.5. The number of ether oxygens (including phenoxy) is 2. The van der Waals surface area contributed by atoms with E-state index in [-0.39, 0.29) is 0 Å². The first-order chi connectivity index (χ1) is 7.34. The van der Waals surface area contributed by atoms with Crippen LogP contribution in [-0.2, 0) is 0 Å². The van der Waals surface area contributed by atoms with Crippen LogP contribution in [0.5, 0.6) is 11.5 Å². The van der Waals surface area contributed by atoms with Gasteiger partial charge in [-0.05, 0) is 18.2 Å². The third-order valence-corrected chi connectivity index (χ3v) is 2.14. The Morgan fingerprint density at radius 3 is 2.67 bits per heavy atom. The molecule has 0 fully saturated rings. The van der Waals surface area contributed by atoms with Gasteiger partial charge in [-0.3, -0.25) is 0 Å². The molecule has 1 aromatic carbocycles. The van der Waals surface area contributed by atoms with Gasteiger partial charge in [0, 0.05) is 11.5 Å². The van der Waals surface area contributed by atoms with Crippen LogP contribution < -0.4 is 15.1 Å². The summed E-state index contributed by atoms with van der Waals surface area (Å²) in [4.78, 5) is 11.1. The van der Waals surface area contributed by atoms with Crippen molar-refractivity contribution >= 4 is 11.0 Å². The molecule has 1 aliphatic heterocycles. The summed E-state index contributed by atoms with van der Waals surface area (Å²) in [6, 6.07) is 6.62. The van der Waals surface area contributed by atoms with E-state index in [1.807, 2.05) is 0 Å². The van der Waals surface area contributed by atoms with Crippen molar-refractivity contribution in [1.29, 1.82) is 0 Å². The van der Waals surface area contributed by atoms with Crippen molar-refractivity contribution in [3.05, 3.63) is 47.2 Å². The van der Waals surface area contributed by atoms with Crippen molar-refractivity contribution in [3.63, 3.8) is 0 Å². The third-order valence-electron chi connectivity index (χ3n) is 2.14. The van der Waals surface area contributed by atoms with E-state index in [4.69, 9.17) is 13.9 Å². The fourth-order valence-corrected chi connectivity index (χ4v) is 1.49. The topological polar surface area (TPSA) is 48.7 Å². The molecular weight excluding hydrogens is 196 g/mol. The SMILES string of the molecule is O=c1ccc2ccc3c(c2o1)OC=CO3. The predicted molar refractivity (Wildman–Crippen MR) is 52.9 cm³/mol. The van der Waals surface area contributed by atoms with Crippen molar-refractivity contribution in [1.82, 2.24) is 0 Å². The van der Waals surface area contributed by atoms with E-state index in [2.05, 4.69) is 0 Å². The van der Waals surface area contributed by atoms with Gasteiger partial charge in [0.25, 0.3) is 0 Å². The van der Waals surface area contributed by atoms with Crippen LogP contribution in [0.15, 0.2) is 46.0 Å². The molecule has 3 rings (SSSR count). The molecule has 2 heterocycles. The summed E-state index contributed by atoms with van der Waals surface area (Å²) in [5.41, 5.74) is -0.00148. The van der Waals surface area contributed by atoms with Gasteiger partial charge in [-0.15, -0.1) is 0 Å². The lowest BCUT2D eigenvalue weighted by Gasteiger charge is -2.12. The molecule has 2 aromatic rings. The van der Waals surface area contributed by atoms with Gasteiger partial charge in [-0.2, -0.15) is 0 Å². The summed E-state index contributed by atoms with van der Waals surface area (Å²) in [7, 11) is 0. The molecule has 0 saturated carbocycles. The molecule has 0 bridgehead atoms. The first-order valence-corrected chi connectivity index (χ1v) is 4.40. The molecule has 74 valence electrons. The number of rotatable bonds is 0. The zero-order valence-corrected chi connectivity index (χ0v) is 7.60. The van der Waals surface area contributed by atoms with Gasteiger partial charge in [0.05, 0.1) is 0 Å². The zero-order chi connectivity index (χ0) is 10.3. The van der Waals surface area contributed by atoms with E-state index >= 15 is 0 Å². The van der Waals surface area contributed by atoms with Gasteiger partial charge in [0.2, 0.25) is 5.75 Å². The fraction of sp³-hybridized carbons (Fsp3) is 0. The van der Waals surface area contributed by atoms with Gasteiger partial charge in [-0.1, -0.05) is 0 Å². The molecule has 0 radical (unpaired) electrons. The Morgan fingerprint density at radius 1 is 0.933 bits per heavy atom. The lowest BCUT2D eigenvalue weighted by Crippen LogP contribution is -2.00. The van der Waals surface area contributed by atoms with Crippen LogP contribution in [0.4, 0.5) is 0 Å². The maximum Gasteiger partial charge on any atom is 0.336 e. The van der Waals surface area contributed by atoms with Gasteiger partial charge in [0.15, 0.2) is 11.3 Å². The molecule has 0 aliphatic carbocycles. The van der Waals surface area contributed by atoms with E-state index < -0.39 is 5.63 Å². The number of benzene rings is 1. The van der Waals surface area contributed by atoms with Crippen molar-refractivity contribution < 1.29 is 13.9 Å². The second-order valence-corrected chi connectivity index (χ2v) is 3.07. The number of fused-ring (bicyclic) bond motifs is 3. The number of hydrogen-bond donors (Lipinski definition) is 0. The monoisotopic (exact) mass is 202 g/mol. The molecular formula is C11H6O4. The molecule has 15 heavy (non-hydrogen) atoms. The quantitative estimate of drug-likeness (QED) is 0.613. The lowest BCUT2D eigenvalue weighted by molar-refractivity contribution is 0.358. The summed E-state index contributed by atoms with van der Waals surface area (Å²) >= 11 is 0. The number of hydrogen-bond acceptors (Lipinski definition) is 4. The first kappa shape index (κ1) is 8.11.